The molecule has 1 saturated carbocycles. The van der Waals surface area contributed by atoms with E-state index in [4.69, 9.17) is 9.52 Å². The van der Waals surface area contributed by atoms with Gasteiger partial charge < -0.3 is 9.52 Å². The Labute approximate surface area is 105 Å². The standard InChI is InChI=1S/C11H15NO5S/c1-11(2,18(3,15)16)10-12-7(6-4-5-6)8(17-10)9(13)14/h6H,4-5H2,1-3H3,(H,13,14). The summed E-state index contributed by atoms with van der Waals surface area (Å²) in [4.78, 5) is 15.2. The number of rotatable bonds is 4. The van der Waals surface area contributed by atoms with Gasteiger partial charge in [-0.2, -0.15) is 0 Å². The SMILES string of the molecule is CC(C)(c1nc(C2CC2)c(C(=O)O)o1)S(C)(=O)=O. The van der Waals surface area contributed by atoms with Crippen LogP contribution in [0.5, 0.6) is 0 Å². The van der Waals surface area contributed by atoms with Crippen LogP contribution in [0, 0.1) is 0 Å². The summed E-state index contributed by atoms with van der Waals surface area (Å²) in [5.41, 5.74) is 0.370. The molecule has 0 aromatic carbocycles. The van der Waals surface area contributed by atoms with E-state index in [1.165, 1.54) is 13.8 Å². The lowest BCUT2D eigenvalue weighted by Crippen LogP contribution is -2.28. The highest BCUT2D eigenvalue weighted by atomic mass is 32.2. The zero-order chi connectivity index (χ0) is 13.7. The van der Waals surface area contributed by atoms with E-state index >= 15 is 0 Å². The molecule has 0 amide bonds. The summed E-state index contributed by atoms with van der Waals surface area (Å²) in [6.07, 6.45) is 2.81. The summed E-state index contributed by atoms with van der Waals surface area (Å²) in [6, 6.07) is 0. The number of sulfone groups is 1. The van der Waals surface area contributed by atoms with Crippen molar-refractivity contribution < 1.29 is 22.7 Å². The molecule has 2 rings (SSSR count). The lowest BCUT2D eigenvalue weighted by molar-refractivity contribution is 0.0657. The van der Waals surface area contributed by atoms with Gasteiger partial charge in [0.2, 0.25) is 11.7 Å². The third-order valence-corrected chi connectivity index (χ3v) is 5.28. The lowest BCUT2D eigenvalue weighted by atomic mass is 10.2. The Bertz CT molecular complexity index is 595. The van der Waals surface area contributed by atoms with Crippen LogP contribution in [0.4, 0.5) is 0 Å². The Morgan fingerprint density at radius 3 is 2.39 bits per heavy atom. The van der Waals surface area contributed by atoms with Gasteiger partial charge in [0, 0.05) is 12.2 Å². The molecule has 1 aromatic rings. The largest absolute Gasteiger partial charge is 0.475 e. The van der Waals surface area contributed by atoms with Gasteiger partial charge >= 0.3 is 5.97 Å². The highest BCUT2D eigenvalue weighted by Gasteiger charge is 2.41. The zero-order valence-corrected chi connectivity index (χ0v) is 11.2. The van der Waals surface area contributed by atoms with Crippen molar-refractivity contribution in [2.45, 2.75) is 37.4 Å². The van der Waals surface area contributed by atoms with Gasteiger partial charge in [-0.1, -0.05) is 0 Å². The molecule has 1 heterocycles. The highest BCUT2D eigenvalue weighted by Crippen LogP contribution is 2.43. The van der Waals surface area contributed by atoms with Crippen molar-refractivity contribution in [1.82, 2.24) is 4.98 Å². The molecule has 6 nitrogen and oxygen atoms in total. The van der Waals surface area contributed by atoms with Crippen molar-refractivity contribution in [3.8, 4) is 0 Å². The minimum Gasteiger partial charge on any atom is -0.475 e. The third-order valence-electron chi connectivity index (χ3n) is 3.25. The van der Waals surface area contributed by atoms with Crippen molar-refractivity contribution in [1.29, 1.82) is 0 Å². The third kappa shape index (κ3) is 2.03. The summed E-state index contributed by atoms with van der Waals surface area (Å²) in [7, 11) is -3.44. The van der Waals surface area contributed by atoms with Crippen molar-refractivity contribution in [2.24, 2.45) is 0 Å². The normalized spacial score (nSPS) is 16.8. The minimum atomic E-state index is -3.44. The van der Waals surface area contributed by atoms with Crippen LogP contribution in [-0.2, 0) is 14.6 Å². The quantitative estimate of drug-likeness (QED) is 0.893. The van der Waals surface area contributed by atoms with Crippen molar-refractivity contribution >= 4 is 15.8 Å². The Morgan fingerprint density at radius 2 is 2.00 bits per heavy atom. The average molecular weight is 273 g/mol. The minimum absolute atomic E-state index is 0.0516. The maximum Gasteiger partial charge on any atom is 0.373 e. The molecular weight excluding hydrogens is 258 g/mol. The number of carboxylic acids is 1. The van der Waals surface area contributed by atoms with Gasteiger partial charge in [0.25, 0.3) is 0 Å². The smallest absolute Gasteiger partial charge is 0.373 e. The van der Waals surface area contributed by atoms with Crippen LogP contribution in [0.2, 0.25) is 0 Å². The lowest BCUT2D eigenvalue weighted by Gasteiger charge is -2.17. The molecule has 0 spiro atoms. The highest BCUT2D eigenvalue weighted by molar-refractivity contribution is 7.91. The molecule has 100 valence electrons. The molecular formula is C11H15NO5S. The molecule has 1 fully saturated rings. The number of aromatic nitrogens is 1. The zero-order valence-electron chi connectivity index (χ0n) is 10.4. The second kappa shape index (κ2) is 3.81. The van der Waals surface area contributed by atoms with Gasteiger partial charge in [-0.15, -0.1) is 0 Å². The van der Waals surface area contributed by atoms with E-state index in [9.17, 15) is 13.2 Å². The monoisotopic (exact) mass is 273 g/mol. The first-order valence-corrected chi connectivity index (χ1v) is 7.48. The number of hydrogen-bond donors (Lipinski definition) is 1. The Kier molecular flexibility index (Phi) is 2.77. The molecule has 0 atom stereocenters. The van der Waals surface area contributed by atoms with Gasteiger partial charge in [0.05, 0.1) is 5.69 Å². The van der Waals surface area contributed by atoms with E-state index in [1.54, 1.807) is 0 Å². The van der Waals surface area contributed by atoms with Crippen LogP contribution in [0.1, 0.15) is 54.7 Å². The molecule has 1 N–H and O–H groups in total. The topological polar surface area (TPSA) is 97.5 Å². The summed E-state index contributed by atoms with van der Waals surface area (Å²) < 4.78 is 27.2. The molecule has 1 aliphatic rings. The molecule has 0 saturated heterocycles. The van der Waals surface area contributed by atoms with Crippen LogP contribution < -0.4 is 0 Å². The number of carbonyl (C=O) groups is 1. The van der Waals surface area contributed by atoms with E-state index < -0.39 is 20.6 Å². The first-order chi connectivity index (χ1) is 8.14. The van der Waals surface area contributed by atoms with E-state index in [1.807, 2.05) is 0 Å². The number of hydrogen-bond acceptors (Lipinski definition) is 5. The first-order valence-electron chi connectivity index (χ1n) is 5.58. The molecule has 0 aliphatic heterocycles. The second-order valence-corrected chi connectivity index (χ2v) is 7.66. The maximum absolute atomic E-state index is 11.7. The Balaban J connectivity index is 2.54. The molecule has 18 heavy (non-hydrogen) atoms. The van der Waals surface area contributed by atoms with Crippen LogP contribution in [0.3, 0.4) is 0 Å². The van der Waals surface area contributed by atoms with E-state index in [-0.39, 0.29) is 17.6 Å². The molecule has 0 bridgehead atoms. The molecule has 0 radical (unpaired) electrons. The number of carboxylic acid groups (broad SMARTS) is 1. The van der Waals surface area contributed by atoms with Crippen LogP contribution in [0.15, 0.2) is 4.42 Å². The van der Waals surface area contributed by atoms with E-state index in [0.717, 1.165) is 19.1 Å². The van der Waals surface area contributed by atoms with Gasteiger partial charge in [0.15, 0.2) is 9.84 Å². The fraction of sp³-hybridized carbons (Fsp3) is 0.636. The summed E-state index contributed by atoms with van der Waals surface area (Å²) in [6.45, 7) is 2.91. The van der Waals surface area contributed by atoms with Crippen LogP contribution in [-0.4, -0.2) is 30.7 Å². The molecule has 0 unspecified atom stereocenters. The number of nitrogens with zero attached hydrogens (tertiary/aromatic N) is 1. The van der Waals surface area contributed by atoms with Gasteiger partial charge in [0.1, 0.15) is 4.75 Å². The summed E-state index contributed by atoms with van der Waals surface area (Å²) >= 11 is 0. The van der Waals surface area contributed by atoms with Crippen molar-refractivity contribution in [2.75, 3.05) is 6.26 Å². The summed E-state index contributed by atoms with van der Waals surface area (Å²) in [5, 5.41) is 9.04. The Hall–Kier alpha value is -1.37. The second-order valence-electron chi connectivity index (χ2n) is 5.10. The summed E-state index contributed by atoms with van der Waals surface area (Å²) in [5.74, 6) is -1.41. The predicted molar refractivity (Wildman–Crippen MR) is 63.3 cm³/mol. The molecule has 1 aliphatic carbocycles. The maximum atomic E-state index is 11.7. The van der Waals surface area contributed by atoms with Gasteiger partial charge in [-0.3, -0.25) is 0 Å². The number of aromatic carboxylic acids is 1. The Morgan fingerprint density at radius 1 is 1.44 bits per heavy atom. The van der Waals surface area contributed by atoms with Gasteiger partial charge in [-0.25, -0.2) is 18.2 Å². The van der Waals surface area contributed by atoms with E-state index in [2.05, 4.69) is 4.98 Å². The van der Waals surface area contributed by atoms with Crippen molar-refractivity contribution in [3.63, 3.8) is 0 Å². The average Bonchev–Trinajstić information content (AvgIpc) is 2.94. The fourth-order valence-corrected chi connectivity index (χ4v) is 1.94. The van der Waals surface area contributed by atoms with Gasteiger partial charge in [-0.05, 0) is 26.7 Å². The fourth-order valence-electron chi connectivity index (χ4n) is 1.53. The predicted octanol–water partition coefficient (Wildman–Crippen LogP) is 1.53. The molecule has 7 heteroatoms. The van der Waals surface area contributed by atoms with Crippen molar-refractivity contribution in [3.05, 3.63) is 17.3 Å². The van der Waals surface area contributed by atoms with E-state index in [0.29, 0.717) is 5.69 Å². The van der Waals surface area contributed by atoms with Crippen LogP contribution >= 0.6 is 0 Å². The number of oxazole rings is 1. The molecule has 1 aromatic heterocycles. The van der Waals surface area contributed by atoms with Crippen LogP contribution in [0.25, 0.3) is 0 Å². The first kappa shape index (κ1) is 13.1.